The van der Waals surface area contributed by atoms with Gasteiger partial charge in [0.25, 0.3) is 0 Å². The Labute approximate surface area is 34.0 Å². The van der Waals surface area contributed by atoms with E-state index in [9.17, 15) is 4.79 Å². The molecule has 4 nitrogen and oxygen atoms in total. The molecule has 0 aliphatic heterocycles. The molecule has 0 N–H and O–H groups in total. The van der Waals surface area contributed by atoms with Crippen LogP contribution in [0.25, 0.3) is 0 Å². The van der Waals surface area contributed by atoms with Crippen LogP contribution in [0, 0.1) is 4.91 Å². The average Bonchev–Trinajstić information content (AvgIpc) is 1.61. The Morgan fingerprint density at radius 3 is 2.67 bits per heavy atom. The van der Waals surface area contributed by atoms with Crippen molar-refractivity contribution in [1.82, 2.24) is 0 Å². The highest BCUT2D eigenvalue weighted by molar-refractivity contribution is 5.50. The first-order valence-electron chi connectivity index (χ1n) is 1.30. The molecule has 0 radical (unpaired) electrons. The maximum atomic E-state index is 9.24. The lowest BCUT2D eigenvalue weighted by atomic mass is 10.9. The van der Waals surface area contributed by atoms with E-state index in [-0.39, 0.29) is 6.61 Å². The minimum atomic E-state index is -0.247. The predicted molar refractivity (Wildman–Crippen MR) is 17.8 cm³/mol. The number of rotatable bonds is 3. The number of carbonyl (C=O) groups excluding carboxylic acids is 1. The highest BCUT2D eigenvalue weighted by atomic mass is 16.7. The van der Waals surface area contributed by atoms with Crippen molar-refractivity contribution in [2.24, 2.45) is 5.34 Å². The third-order valence-corrected chi connectivity index (χ3v) is 0.195. The van der Waals surface area contributed by atoms with Crippen LogP contribution in [0.2, 0.25) is 0 Å². The van der Waals surface area contributed by atoms with Crippen LogP contribution in [-0.4, -0.2) is 12.9 Å². The monoisotopic (exact) mass is 89.0 g/mol. The van der Waals surface area contributed by atoms with Gasteiger partial charge >= 0.3 is 0 Å². The zero-order valence-corrected chi connectivity index (χ0v) is 2.96. The Morgan fingerprint density at radius 1 is 1.83 bits per heavy atom. The molecule has 0 fully saturated rings. The molecular formula is C2H3NO3. The fourth-order valence-electron chi connectivity index (χ4n) is 0.0609. The van der Waals surface area contributed by atoms with E-state index in [0.29, 0.717) is 6.29 Å². The van der Waals surface area contributed by atoms with Crippen LogP contribution in [0.1, 0.15) is 0 Å². The molecule has 0 aliphatic carbocycles. The van der Waals surface area contributed by atoms with Gasteiger partial charge in [-0.2, -0.15) is 0 Å². The Kier molecular flexibility index (Phi) is 3.44. The SMILES string of the molecule is O=CCON=O. The summed E-state index contributed by atoms with van der Waals surface area (Å²) in [6.45, 7) is -0.247. The Bertz CT molecular complexity index is 44.8. The summed E-state index contributed by atoms with van der Waals surface area (Å²) in [6.07, 6.45) is 0.446. The van der Waals surface area contributed by atoms with Gasteiger partial charge in [0.1, 0.15) is 0 Å². The summed E-state index contributed by atoms with van der Waals surface area (Å²) >= 11 is 0. The first-order chi connectivity index (χ1) is 2.91. The maximum absolute atomic E-state index is 9.24. The van der Waals surface area contributed by atoms with E-state index in [4.69, 9.17) is 4.91 Å². The van der Waals surface area contributed by atoms with Gasteiger partial charge in [-0.3, -0.25) is 4.79 Å². The van der Waals surface area contributed by atoms with Gasteiger partial charge in [-0.25, -0.2) is 0 Å². The Hall–Kier alpha value is -0.930. The molecule has 0 aromatic carbocycles. The molecule has 0 aliphatic rings. The first-order valence-corrected chi connectivity index (χ1v) is 1.30. The van der Waals surface area contributed by atoms with Gasteiger partial charge in [0.05, 0.1) is 0 Å². The number of hydrogen-bond donors (Lipinski definition) is 0. The van der Waals surface area contributed by atoms with Gasteiger partial charge in [0, 0.05) is 0 Å². The van der Waals surface area contributed by atoms with Crippen LogP contribution >= 0.6 is 0 Å². The maximum Gasteiger partial charge on any atom is 0.175 e. The highest BCUT2D eigenvalue weighted by Crippen LogP contribution is 1.63. The third kappa shape index (κ3) is 3.07. The molecule has 0 aromatic heterocycles. The molecule has 0 unspecified atom stereocenters. The summed E-state index contributed by atoms with van der Waals surface area (Å²) in [7, 11) is 0. The molecule has 0 aromatic rings. The quantitative estimate of drug-likeness (QED) is 0.209. The van der Waals surface area contributed by atoms with Gasteiger partial charge in [0.15, 0.2) is 18.2 Å². The second kappa shape index (κ2) is 4.07. The van der Waals surface area contributed by atoms with E-state index < -0.39 is 0 Å². The third-order valence-electron chi connectivity index (χ3n) is 0.195. The van der Waals surface area contributed by atoms with Gasteiger partial charge < -0.3 is 4.84 Å². The van der Waals surface area contributed by atoms with Crippen molar-refractivity contribution in [3.63, 3.8) is 0 Å². The van der Waals surface area contributed by atoms with E-state index in [1.165, 1.54) is 0 Å². The summed E-state index contributed by atoms with van der Waals surface area (Å²) in [5.41, 5.74) is 0. The highest BCUT2D eigenvalue weighted by Gasteiger charge is 1.72. The lowest BCUT2D eigenvalue weighted by molar-refractivity contribution is -0.111. The van der Waals surface area contributed by atoms with Crippen molar-refractivity contribution >= 4 is 6.29 Å². The molecule has 0 rings (SSSR count). The molecule has 0 spiro atoms. The Balaban J connectivity index is 2.66. The normalized spacial score (nSPS) is 6.67. The zero-order valence-electron chi connectivity index (χ0n) is 2.96. The number of carbonyl (C=O) groups is 1. The predicted octanol–water partition coefficient (Wildman–Crippen LogP) is -0.117. The minimum absolute atomic E-state index is 0.247. The van der Waals surface area contributed by atoms with Crippen molar-refractivity contribution in [3.05, 3.63) is 4.91 Å². The van der Waals surface area contributed by atoms with E-state index in [1.54, 1.807) is 0 Å². The summed E-state index contributed by atoms with van der Waals surface area (Å²) in [5, 5.41) is 1.94. The minimum Gasteiger partial charge on any atom is -0.356 e. The number of nitrogens with zero attached hydrogens (tertiary/aromatic N) is 1. The standard InChI is InChI=1S/C2H3NO3/c4-1-2-6-3-5/h1H,2H2. The second-order valence-electron chi connectivity index (χ2n) is 0.537. The largest absolute Gasteiger partial charge is 0.356 e. The Morgan fingerprint density at radius 2 is 2.50 bits per heavy atom. The molecule has 0 atom stereocenters. The molecule has 0 amide bonds. The second-order valence-corrected chi connectivity index (χ2v) is 0.537. The van der Waals surface area contributed by atoms with Gasteiger partial charge in [-0.05, 0) is 0 Å². The molecule has 0 heterocycles. The van der Waals surface area contributed by atoms with Crippen LogP contribution in [0.15, 0.2) is 5.34 Å². The van der Waals surface area contributed by atoms with Crippen LogP contribution in [0.5, 0.6) is 0 Å². The van der Waals surface area contributed by atoms with Gasteiger partial charge in [-0.1, -0.05) is 0 Å². The topological polar surface area (TPSA) is 55.7 Å². The summed E-state index contributed by atoms with van der Waals surface area (Å²) < 4.78 is 0. The van der Waals surface area contributed by atoms with Crippen molar-refractivity contribution in [2.45, 2.75) is 0 Å². The molecule has 0 bridgehead atoms. The zero-order chi connectivity index (χ0) is 4.83. The molecule has 0 saturated carbocycles. The number of aldehydes is 1. The van der Waals surface area contributed by atoms with Crippen LogP contribution in [0.3, 0.4) is 0 Å². The van der Waals surface area contributed by atoms with Crippen LogP contribution in [-0.2, 0) is 9.63 Å². The van der Waals surface area contributed by atoms with Gasteiger partial charge in [-0.15, -0.1) is 4.91 Å². The lowest BCUT2D eigenvalue weighted by Crippen LogP contribution is -1.83. The van der Waals surface area contributed by atoms with Gasteiger partial charge in [0.2, 0.25) is 0 Å². The van der Waals surface area contributed by atoms with Crippen molar-refractivity contribution in [3.8, 4) is 0 Å². The number of hydrogen-bond acceptors (Lipinski definition) is 4. The summed E-state index contributed by atoms with van der Waals surface area (Å²) in [6, 6.07) is 0. The van der Waals surface area contributed by atoms with Crippen molar-refractivity contribution < 1.29 is 9.63 Å². The molecule has 4 heteroatoms. The molecule has 34 valence electrons. The molecule has 6 heavy (non-hydrogen) atoms. The molecular weight excluding hydrogens is 86.0 g/mol. The first kappa shape index (κ1) is 5.07. The smallest absolute Gasteiger partial charge is 0.175 e. The lowest BCUT2D eigenvalue weighted by Gasteiger charge is -1.75. The molecule has 0 saturated heterocycles. The van der Waals surface area contributed by atoms with Crippen LogP contribution in [0.4, 0.5) is 0 Å². The average molecular weight is 89.0 g/mol. The van der Waals surface area contributed by atoms with E-state index in [1.807, 2.05) is 5.34 Å². The van der Waals surface area contributed by atoms with Crippen LogP contribution < -0.4 is 0 Å². The van der Waals surface area contributed by atoms with E-state index in [2.05, 4.69) is 4.84 Å². The summed E-state index contributed by atoms with van der Waals surface area (Å²) in [4.78, 5) is 21.9. The van der Waals surface area contributed by atoms with E-state index >= 15 is 0 Å². The van der Waals surface area contributed by atoms with E-state index in [0.717, 1.165) is 0 Å². The van der Waals surface area contributed by atoms with Crippen molar-refractivity contribution in [1.29, 1.82) is 0 Å². The van der Waals surface area contributed by atoms with Crippen molar-refractivity contribution in [2.75, 3.05) is 6.61 Å². The summed E-state index contributed by atoms with van der Waals surface area (Å²) in [5.74, 6) is 0. The fourth-order valence-corrected chi connectivity index (χ4v) is 0.0609. The fraction of sp³-hybridized carbons (Fsp3) is 0.500.